The van der Waals surface area contributed by atoms with Crippen molar-refractivity contribution in [1.29, 1.82) is 0 Å². The quantitative estimate of drug-likeness (QED) is 0.654. The molecule has 0 aliphatic heterocycles. The highest BCUT2D eigenvalue weighted by Crippen LogP contribution is 2.23. The Labute approximate surface area is 92.5 Å². The van der Waals surface area contributed by atoms with Gasteiger partial charge in [-0.3, -0.25) is 9.69 Å². The number of rotatable bonds is 2. The Hall–Kier alpha value is -0.520. The summed E-state index contributed by atoms with van der Waals surface area (Å²) in [5.74, 6) is 6.79. The SMILES string of the molecule is CN(C)CC#CCC1CCCC1=O.Cl. The highest BCUT2D eigenvalue weighted by atomic mass is 35.5. The lowest BCUT2D eigenvalue weighted by Gasteiger charge is -2.02. The largest absolute Gasteiger partial charge is 0.299 e. The van der Waals surface area contributed by atoms with Crippen molar-refractivity contribution < 1.29 is 4.79 Å². The Morgan fingerprint density at radius 3 is 2.64 bits per heavy atom. The molecule has 0 aromatic carbocycles. The molecule has 2 nitrogen and oxygen atoms in total. The van der Waals surface area contributed by atoms with Crippen LogP contribution < -0.4 is 0 Å². The molecule has 0 saturated heterocycles. The van der Waals surface area contributed by atoms with Gasteiger partial charge in [0.15, 0.2) is 0 Å². The molecule has 0 amide bonds. The van der Waals surface area contributed by atoms with Crippen LogP contribution in [0.5, 0.6) is 0 Å². The molecule has 80 valence electrons. The lowest BCUT2D eigenvalue weighted by molar-refractivity contribution is -0.120. The minimum atomic E-state index is 0. The molecule has 0 radical (unpaired) electrons. The molecule has 1 atom stereocenters. The third kappa shape index (κ3) is 4.64. The summed E-state index contributed by atoms with van der Waals surface area (Å²) in [5, 5.41) is 0. The van der Waals surface area contributed by atoms with E-state index in [1.165, 1.54) is 0 Å². The first-order valence-electron chi connectivity index (χ1n) is 4.83. The van der Waals surface area contributed by atoms with Crippen LogP contribution in [0.2, 0.25) is 0 Å². The van der Waals surface area contributed by atoms with Crippen molar-refractivity contribution >= 4 is 18.2 Å². The average molecular weight is 216 g/mol. The van der Waals surface area contributed by atoms with Gasteiger partial charge in [-0.05, 0) is 26.9 Å². The molecule has 0 aromatic rings. The molecule has 3 heteroatoms. The second-order valence-corrected chi connectivity index (χ2v) is 3.85. The number of carbonyl (C=O) groups excluding carboxylic acids is 1. The van der Waals surface area contributed by atoms with Gasteiger partial charge >= 0.3 is 0 Å². The van der Waals surface area contributed by atoms with E-state index in [1.807, 2.05) is 19.0 Å². The van der Waals surface area contributed by atoms with Crippen LogP contribution in [-0.4, -0.2) is 31.3 Å². The van der Waals surface area contributed by atoms with Gasteiger partial charge in [-0.1, -0.05) is 5.92 Å². The van der Waals surface area contributed by atoms with Crippen molar-refractivity contribution in [2.75, 3.05) is 20.6 Å². The lowest BCUT2D eigenvalue weighted by Crippen LogP contribution is -2.11. The average Bonchev–Trinajstić information content (AvgIpc) is 2.45. The molecule has 0 heterocycles. The van der Waals surface area contributed by atoms with Crippen molar-refractivity contribution in [2.45, 2.75) is 25.7 Å². The standard InChI is InChI=1S/C11H17NO.ClH/c1-12(2)9-4-3-6-10-7-5-8-11(10)13;/h10H,5-9H2,1-2H3;1H. The third-order valence-electron chi connectivity index (χ3n) is 2.30. The first-order chi connectivity index (χ1) is 6.20. The smallest absolute Gasteiger partial charge is 0.136 e. The summed E-state index contributed by atoms with van der Waals surface area (Å²) in [6.07, 6.45) is 3.67. The highest BCUT2D eigenvalue weighted by Gasteiger charge is 2.22. The monoisotopic (exact) mass is 215 g/mol. The van der Waals surface area contributed by atoms with Gasteiger partial charge in [0.05, 0.1) is 6.54 Å². The van der Waals surface area contributed by atoms with E-state index in [0.717, 1.165) is 32.2 Å². The molecule has 0 bridgehead atoms. The topological polar surface area (TPSA) is 20.3 Å². The lowest BCUT2D eigenvalue weighted by atomic mass is 10.0. The fraction of sp³-hybridized carbons (Fsp3) is 0.727. The van der Waals surface area contributed by atoms with Crippen LogP contribution in [0, 0.1) is 17.8 Å². The number of hydrogen-bond acceptors (Lipinski definition) is 2. The van der Waals surface area contributed by atoms with Crippen molar-refractivity contribution in [3.63, 3.8) is 0 Å². The summed E-state index contributed by atoms with van der Waals surface area (Å²) >= 11 is 0. The Balaban J connectivity index is 0.00000169. The number of ketones is 1. The number of hydrogen-bond donors (Lipinski definition) is 0. The van der Waals surface area contributed by atoms with Crippen LogP contribution >= 0.6 is 12.4 Å². The van der Waals surface area contributed by atoms with Gasteiger partial charge in [-0.15, -0.1) is 18.3 Å². The Morgan fingerprint density at radius 2 is 2.14 bits per heavy atom. The van der Waals surface area contributed by atoms with Gasteiger partial charge in [0.25, 0.3) is 0 Å². The Kier molecular flexibility index (Phi) is 6.61. The molecular weight excluding hydrogens is 198 g/mol. The molecule has 1 saturated carbocycles. The predicted molar refractivity (Wildman–Crippen MR) is 60.5 cm³/mol. The maximum Gasteiger partial charge on any atom is 0.136 e. The zero-order valence-corrected chi connectivity index (χ0v) is 9.69. The first-order valence-corrected chi connectivity index (χ1v) is 4.83. The van der Waals surface area contributed by atoms with Gasteiger partial charge in [-0.25, -0.2) is 0 Å². The van der Waals surface area contributed by atoms with Gasteiger partial charge < -0.3 is 0 Å². The number of halogens is 1. The molecule has 0 spiro atoms. The van der Waals surface area contributed by atoms with E-state index < -0.39 is 0 Å². The summed E-state index contributed by atoms with van der Waals surface area (Å²) < 4.78 is 0. The minimum absolute atomic E-state index is 0. The van der Waals surface area contributed by atoms with Gasteiger partial charge in [0.1, 0.15) is 5.78 Å². The summed E-state index contributed by atoms with van der Waals surface area (Å²) in [6.45, 7) is 0.793. The van der Waals surface area contributed by atoms with Gasteiger partial charge in [0, 0.05) is 18.8 Å². The summed E-state index contributed by atoms with van der Waals surface area (Å²) in [5.41, 5.74) is 0. The highest BCUT2D eigenvalue weighted by molar-refractivity contribution is 5.85. The fourth-order valence-electron chi connectivity index (χ4n) is 1.51. The maximum absolute atomic E-state index is 11.2. The molecule has 14 heavy (non-hydrogen) atoms. The molecule has 1 aliphatic rings. The van der Waals surface area contributed by atoms with E-state index >= 15 is 0 Å². The van der Waals surface area contributed by atoms with Crippen molar-refractivity contribution in [1.82, 2.24) is 4.90 Å². The van der Waals surface area contributed by atoms with E-state index in [-0.39, 0.29) is 18.3 Å². The van der Waals surface area contributed by atoms with E-state index in [9.17, 15) is 4.79 Å². The maximum atomic E-state index is 11.2. The molecular formula is C11H18ClNO. The summed E-state index contributed by atoms with van der Waals surface area (Å²) in [6, 6.07) is 0. The Bertz CT molecular complexity index is 239. The molecule has 0 N–H and O–H groups in total. The predicted octanol–water partition coefficient (Wildman–Crippen LogP) is 1.73. The van der Waals surface area contributed by atoms with Gasteiger partial charge in [0.2, 0.25) is 0 Å². The molecule has 1 fully saturated rings. The molecule has 1 rings (SSSR count). The third-order valence-corrected chi connectivity index (χ3v) is 2.30. The second kappa shape index (κ2) is 6.86. The molecule has 0 aromatic heterocycles. The van der Waals surface area contributed by atoms with E-state index in [2.05, 4.69) is 11.8 Å². The zero-order valence-electron chi connectivity index (χ0n) is 8.88. The Morgan fingerprint density at radius 1 is 1.43 bits per heavy atom. The van der Waals surface area contributed by atoms with E-state index in [0.29, 0.717) is 5.78 Å². The fourth-order valence-corrected chi connectivity index (χ4v) is 1.51. The number of nitrogens with zero attached hydrogens (tertiary/aromatic N) is 1. The zero-order chi connectivity index (χ0) is 9.68. The normalized spacial score (nSPS) is 20.2. The van der Waals surface area contributed by atoms with Crippen LogP contribution in [0.25, 0.3) is 0 Å². The van der Waals surface area contributed by atoms with Crippen molar-refractivity contribution in [3.05, 3.63) is 0 Å². The van der Waals surface area contributed by atoms with Gasteiger partial charge in [-0.2, -0.15) is 0 Å². The van der Waals surface area contributed by atoms with Crippen LogP contribution in [0.3, 0.4) is 0 Å². The van der Waals surface area contributed by atoms with Crippen LogP contribution in [-0.2, 0) is 4.79 Å². The number of carbonyl (C=O) groups is 1. The van der Waals surface area contributed by atoms with Crippen molar-refractivity contribution in [3.8, 4) is 11.8 Å². The molecule has 1 aliphatic carbocycles. The van der Waals surface area contributed by atoms with E-state index in [4.69, 9.17) is 0 Å². The van der Waals surface area contributed by atoms with Crippen LogP contribution in [0.1, 0.15) is 25.7 Å². The second-order valence-electron chi connectivity index (χ2n) is 3.85. The summed E-state index contributed by atoms with van der Waals surface area (Å²) in [4.78, 5) is 13.3. The van der Waals surface area contributed by atoms with E-state index in [1.54, 1.807) is 0 Å². The summed E-state index contributed by atoms with van der Waals surface area (Å²) in [7, 11) is 3.99. The van der Waals surface area contributed by atoms with Crippen molar-refractivity contribution in [2.24, 2.45) is 5.92 Å². The van der Waals surface area contributed by atoms with Crippen LogP contribution in [0.4, 0.5) is 0 Å². The minimum Gasteiger partial charge on any atom is -0.299 e. The molecule has 1 unspecified atom stereocenters. The van der Waals surface area contributed by atoms with Crippen LogP contribution in [0.15, 0.2) is 0 Å². The first kappa shape index (κ1) is 13.5. The number of Topliss-reactive ketones (excluding diaryl/α,β-unsaturated/α-hetero) is 1.